The first kappa shape index (κ1) is 11.6. The van der Waals surface area contributed by atoms with Crippen molar-refractivity contribution in [1.82, 2.24) is 5.32 Å². The van der Waals surface area contributed by atoms with Crippen LogP contribution < -0.4 is 11.1 Å². The molecule has 14 heavy (non-hydrogen) atoms. The van der Waals surface area contributed by atoms with Gasteiger partial charge in [0.25, 0.3) is 0 Å². The standard InChI is InChI=1S/C11H18N2S/c1-13-10(7-8-12)9-14-11-5-3-2-4-6-11/h2-6,10,13H,7-9,12H2,1H3. The molecule has 0 radical (unpaired) electrons. The number of benzene rings is 1. The first-order valence-corrected chi connectivity index (χ1v) is 5.90. The van der Waals surface area contributed by atoms with E-state index >= 15 is 0 Å². The Hall–Kier alpha value is -0.510. The monoisotopic (exact) mass is 210 g/mol. The van der Waals surface area contributed by atoms with Gasteiger partial charge in [0.05, 0.1) is 0 Å². The average Bonchev–Trinajstić information content (AvgIpc) is 2.25. The van der Waals surface area contributed by atoms with Crippen molar-refractivity contribution in [1.29, 1.82) is 0 Å². The van der Waals surface area contributed by atoms with Gasteiger partial charge in [-0.2, -0.15) is 0 Å². The summed E-state index contributed by atoms with van der Waals surface area (Å²) in [5.74, 6) is 1.08. The molecule has 0 heterocycles. The van der Waals surface area contributed by atoms with Gasteiger partial charge in [0, 0.05) is 16.7 Å². The third-order valence-corrected chi connectivity index (χ3v) is 3.29. The molecule has 0 bridgehead atoms. The highest BCUT2D eigenvalue weighted by Gasteiger charge is 2.04. The Bertz CT molecular complexity index is 238. The molecule has 0 aliphatic heterocycles. The average molecular weight is 210 g/mol. The quantitative estimate of drug-likeness (QED) is 0.702. The zero-order valence-electron chi connectivity index (χ0n) is 8.57. The van der Waals surface area contributed by atoms with Crippen LogP contribution in [0.3, 0.4) is 0 Å². The fraction of sp³-hybridized carbons (Fsp3) is 0.455. The van der Waals surface area contributed by atoms with Crippen LogP contribution in [0, 0.1) is 0 Å². The van der Waals surface area contributed by atoms with Crippen molar-refractivity contribution in [3.63, 3.8) is 0 Å². The minimum atomic E-state index is 0.519. The summed E-state index contributed by atoms with van der Waals surface area (Å²) in [6.45, 7) is 0.751. The molecule has 0 aliphatic rings. The summed E-state index contributed by atoms with van der Waals surface area (Å²) >= 11 is 1.87. The van der Waals surface area contributed by atoms with E-state index in [9.17, 15) is 0 Å². The van der Waals surface area contributed by atoms with Gasteiger partial charge in [-0.05, 0) is 32.1 Å². The molecular formula is C11H18N2S. The number of hydrogen-bond donors (Lipinski definition) is 2. The van der Waals surface area contributed by atoms with Crippen molar-refractivity contribution >= 4 is 11.8 Å². The molecule has 1 atom stereocenters. The molecule has 0 saturated heterocycles. The van der Waals surface area contributed by atoms with Crippen molar-refractivity contribution in [3.05, 3.63) is 30.3 Å². The maximum atomic E-state index is 5.52. The van der Waals surface area contributed by atoms with Crippen LogP contribution in [0.4, 0.5) is 0 Å². The molecule has 3 heteroatoms. The lowest BCUT2D eigenvalue weighted by Gasteiger charge is -2.14. The third-order valence-electron chi connectivity index (χ3n) is 2.12. The maximum Gasteiger partial charge on any atom is 0.0170 e. The highest BCUT2D eigenvalue weighted by Crippen LogP contribution is 2.18. The molecule has 2 nitrogen and oxygen atoms in total. The topological polar surface area (TPSA) is 38.0 Å². The van der Waals surface area contributed by atoms with Gasteiger partial charge in [-0.1, -0.05) is 18.2 Å². The van der Waals surface area contributed by atoms with Crippen molar-refractivity contribution in [2.24, 2.45) is 5.73 Å². The van der Waals surface area contributed by atoms with Crippen LogP contribution in [-0.2, 0) is 0 Å². The molecule has 1 unspecified atom stereocenters. The van der Waals surface area contributed by atoms with Crippen LogP contribution in [0.25, 0.3) is 0 Å². The summed E-state index contributed by atoms with van der Waals surface area (Å²) in [5.41, 5.74) is 5.52. The van der Waals surface area contributed by atoms with E-state index < -0.39 is 0 Å². The maximum absolute atomic E-state index is 5.52. The van der Waals surface area contributed by atoms with Crippen LogP contribution in [0.2, 0.25) is 0 Å². The zero-order chi connectivity index (χ0) is 10.2. The van der Waals surface area contributed by atoms with Gasteiger partial charge in [-0.3, -0.25) is 0 Å². The molecule has 0 amide bonds. The SMILES string of the molecule is CNC(CCN)CSc1ccccc1. The van der Waals surface area contributed by atoms with Crippen molar-refractivity contribution in [2.45, 2.75) is 17.4 Å². The second-order valence-corrected chi connectivity index (χ2v) is 4.28. The molecule has 0 aromatic heterocycles. The summed E-state index contributed by atoms with van der Waals surface area (Å²) in [4.78, 5) is 1.32. The predicted molar refractivity (Wildman–Crippen MR) is 63.7 cm³/mol. The predicted octanol–water partition coefficient (Wildman–Crippen LogP) is 1.72. The summed E-state index contributed by atoms with van der Waals surface area (Å²) in [6.07, 6.45) is 1.04. The van der Waals surface area contributed by atoms with Crippen molar-refractivity contribution < 1.29 is 0 Å². The van der Waals surface area contributed by atoms with E-state index in [0.29, 0.717) is 6.04 Å². The summed E-state index contributed by atoms with van der Waals surface area (Å²) in [6, 6.07) is 11.0. The second kappa shape index (κ2) is 6.87. The number of rotatable bonds is 6. The fourth-order valence-corrected chi connectivity index (χ4v) is 2.30. The van der Waals surface area contributed by atoms with Crippen molar-refractivity contribution in [2.75, 3.05) is 19.3 Å². The van der Waals surface area contributed by atoms with E-state index in [0.717, 1.165) is 18.7 Å². The van der Waals surface area contributed by atoms with Gasteiger partial charge < -0.3 is 11.1 Å². The van der Waals surface area contributed by atoms with Crippen LogP contribution >= 0.6 is 11.8 Å². The Morgan fingerprint density at radius 1 is 1.36 bits per heavy atom. The lowest BCUT2D eigenvalue weighted by Crippen LogP contribution is -2.30. The fourth-order valence-electron chi connectivity index (χ4n) is 1.23. The minimum Gasteiger partial charge on any atom is -0.330 e. The van der Waals surface area contributed by atoms with E-state index in [1.54, 1.807) is 0 Å². The second-order valence-electron chi connectivity index (χ2n) is 3.19. The molecule has 1 aromatic carbocycles. The minimum absolute atomic E-state index is 0.519. The highest BCUT2D eigenvalue weighted by molar-refractivity contribution is 7.99. The van der Waals surface area contributed by atoms with Crippen LogP contribution in [-0.4, -0.2) is 25.4 Å². The molecule has 0 saturated carbocycles. The van der Waals surface area contributed by atoms with E-state index in [1.807, 2.05) is 24.9 Å². The Morgan fingerprint density at radius 2 is 2.07 bits per heavy atom. The Morgan fingerprint density at radius 3 is 2.64 bits per heavy atom. The van der Waals surface area contributed by atoms with Crippen LogP contribution in [0.1, 0.15) is 6.42 Å². The molecule has 3 N–H and O–H groups in total. The first-order chi connectivity index (χ1) is 6.86. The number of thioether (sulfide) groups is 1. The van der Waals surface area contributed by atoms with Gasteiger partial charge in [-0.15, -0.1) is 11.8 Å². The summed E-state index contributed by atoms with van der Waals surface area (Å²) < 4.78 is 0. The zero-order valence-corrected chi connectivity index (χ0v) is 9.39. The lowest BCUT2D eigenvalue weighted by molar-refractivity contribution is 0.580. The van der Waals surface area contributed by atoms with Crippen molar-refractivity contribution in [3.8, 4) is 0 Å². The summed E-state index contributed by atoms with van der Waals surface area (Å²) in [7, 11) is 1.99. The molecule has 0 spiro atoms. The molecular weight excluding hydrogens is 192 g/mol. The Labute approximate surface area is 90.3 Å². The molecule has 0 aliphatic carbocycles. The number of hydrogen-bond acceptors (Lipinski definition) is 3. The van der Waals surface area contributed by atoms with Crippen LogP contribution in [0.15, 0.2) is 35.2 Å². The molecule has 1 rings (SSSR count). The van der Waals surface area contributed by atoms with Gasteiger partial charge in [0.2, 0.25) is 0 Å². The lowest BCUT2D eigenvalue weighted by atomic mass is 10.2. The normalized spacial score (nSPS) is 12.7. The van der Waals surface area contributed by atoms with E-state index in [2.05, 4.69) is 29.6 Å². The third kappa shape index (κ3) is 4.13. The molecule has 1 aromatic rings. The molecule has 0 fully saturated rings. The van der Waals surface area contributed by atoms with E-state index in [1.165, 1.54) is 4.90 Å². The number of nitrogens with one attached hydrogen (secondary N) is 1. The van der Waals surface area contributed by atoms with E-state index in [4.69, 9.17) is 5.73 Å². The Balaban J connectivity index is 2.32. The van der Waals surface area contributed by atoms with Gasteiger partial charge in [0.1, 0.15) is 0 Å². The largest absolute Gasteiger partial charge is 0.330 e. The number of nitrogens with two attached hydrogens (primary N) is 1. The first-order valence-electron chi connectivity index (χ1n) is 4.92. The summed E-state index contributed by atoms with van der Waals surface area (Å²) in [5, 5.41) is 3.27. The van der Waals surface area contributed by atoms with Crippen LogP contribution in [0.5, 0.6) is 0 Å². The van der Waals surface area contributed by atoms with E-state index in [-0.39, 0.29) is 0 Å². The molecule has 78 valence electrons. The van der Waals surface area contributed by atoms with Gasteiger partial charge in [0.15, 0.2) is 0 Å². The Kier molecular flexibility index (Phi) is 5.68. The highest BCUT2D eigenvalue weighted by atomic mass is 32.2. The smallest absolute Gasteiger partial charge is 0.0170 e. The van der Waals surface area contributed by atoms with Gasteiger partial charge >= 0.3 is 0 Å². The van der Waals surface area contributed by atoms with Gasteiger partial charge in [-0.25, -0.2) is 0 Å².